The van der Waals surface area contributed by atoms with E-state index in [1.807, 2.05) is 0 Å². The molecule has 2 nitrogen and oxygen atoms in total. The number of rotatable bonds is 3. The molecule has 0 aromatic heterocycles. The predicted molar refractivity (Wildman–Crippen MR) is 51.5 cm³/mol. The maximum atomic E-state index is 13.2. The molecule has 0 amide bonds. The van der Waals surface area contributed by atoms with Crippen molar-refractivity contribution in [1.82, 2.24) is 0 Å². The summed E-state index contributed by atoms with van der Waals surface area (Å²) in [4.78, 5) is 0. The van der Waals surface area contributed by atoms with Crippen molar-refractivity contribution in [3.05, 3.63) is 29.6 Å². The van der Waals surface area contributed by atoms with Crippen molar-refractivity contribution >= 4 is 5.69 Å². The van der Waals surface area contributed by atoms with Gasteiger partial charge in [-0.15, -0.1) is 0 Å². The first-order valence-corrected chi connectivity index (χ1v) is 4.80. The van der Waals surface area contributed by atoms with Crippen molar-refractivity contribution < 1.29 is 35.5 Å². The molecule has 0 unspecified atom stereocenters. The van der Waals surface area contributed by atoms with Gasteiger partial charge in [0.1, 0.15) is 5.82 Å². The van der Waals surface area contributed by atoms with Gasteiger partial charge >= 0.3 is 12.4 Å². The normalized spacial score (nSPS) is 13.1. The Morgan fingerprint density at radius 1 is 1.05 bits per heavy atom. The molecule has 0 bridgehead atoms. The van der Waals surface area contributed by atoms with Gasteiger partial charge in [0, 0.05) is 11.3 Å². The Morgan fingerprint density at radius 3 is 2.00 bits per heavy atom. The highest BCUT2D eigenvalue weighted by Gasteiger charge is 2.57. The molecule has 1 rings (SSSR count). The van der Waals surface area contributed by atoms with Gasteiger partial charge in [0.2, 0.25) is 6.10 Å². The second-order valence-corrected chi connectivity index (χ2v) is 3.63. The van der Waals surface area contributed by atoms with Crippen LogP contribution >= 0.6 is 0 Å². The Bertz CT molecular complexity index is 426. The van der Waals surface area contributed by atoms with Crippen molar-refractivity contribution in [2.45, 2.75) is 25.1 Å². The molecule has 0 aliphatic heterocycles. The number of halogens is 7. The molecule has 108 valence electrons. The van der Waals surface area contributed by atoms with Crippen LogP contribution in [0.5, 0.6) is 0 Å². The lowest BCUT2D eigenvalue weighted by Crippen LogP contribution is -2.44. The molecule has 0 radical (unpaired) electrons. The van der Waals surface area contributed by atoms with Crippen molar-refractivity contribution in [3.63, 3.8) is 0 Å². The highest BCUT2D eigenvalue weighted by molar-refractivity contribution is 5.40. The van der Waals surface area contributed by atoms with Gasteiger partial charge in [-0.05, 0) is 12.1 Å². The molecule has 0 atom stereocenters. The topological polar surface area (TPSA) is 35.2 Å². The van der Waals surface area contributed by atoms with E-state index in [0.717, 1.165) is 18.2 Å². The first-order chi connectivity index (χ1) is 8.51. The molecule has 0 spiro atoms. The quantitative estimate of drug-likeness (QED) is 0.684. The lowest BCUT2D eigenvalue weighted by molar-refractivity contribution is -0.324. The molecule has 0 saturated heterocycles. The van der Waals surface area contributed by atoms with E-state index < -0.39 is 36.4 Å². The molecule has 0 fully saturated rings. The second-order valence-electron chi connectivity index (χ2n) is 3.63. The number of alkyl halides is 6. The fourth-order valence-electron chi connectivity index (χ4n) is 1.23. The maximum absolute atomic E-state index is 13.2. The number of nitrogens with two attached hydrogens (primary N) is 1. The van der Waals surface area contributed by atoms with Gasteiger partial charge in [-0.3, -0.25) is 0 Å². The highest BCUT2D eigenvalue weighted by atomic mass is 19.4. The SMILES string of the molecule is Nc1ccc(COC(C(F)(F)F)C(F)(F)F)c(F)c1. The Morgan fingerprint density at radius 2 is 1.58 bits per heavy atom. The lowest BCUT2D eigenvalue weighted by Gasteiger charge is -2.23. The van der Waals surface area contributed by atoms with Gasteiger partial charge in [0.15, 0.2) is 0 Å². The van der Waals surface area contributed by atoms with E-state index in [9.17, 15) is 30.7 Å². The third kappa shape index (κ3) is 4.27. The van der Waals surface area contributed by atoms with Crippen molar-refractivity contribution in [2.75, 3.05) is 5.73 Å². The average Bonchev–Trinajstić information content (AvgIpc) is 2.17. The molecule has 1 aromatic carbocycles. The van der Waals surface area contributed by atoms with E-state index >= 15 is 0 Å². The van der Waals surface area contributed by atoms with Crippen LogP contribution in [-0.4, -0.2) is 18.5 Å². The van der Waals surface area contributed by atoms with Gasteiger partial charge in [-0.1, -0.05) is 6.07 Å². The summed E-state index contributed by atoms with van der Waals surface area (Å²) in [6.07, 6.45) is -15.2. The smallest absolute Gasteiger partial charge is 0.399 e. The molecule has 1 aromatic rings. The van der Waals surface area contributed by atoms with Crippen LogP contribution in [0, 0.1) is 5.82 Å². The van der Waals surface area contributed by atoms with Crippen LogP contribution in [0.2, 0.25) is 0 Å². The minimum absolute atomic E-state index is 0.00978. The third-order valence-electron chi connectivity index (χ3n) is 2.08. The van der Waals surface area contributed by atoms with Gasteiger partial charge < -0.3 is 10.5 Å². The van der Waals surface area contributed by atoms with Crippen LogP contribution in [0.25, 0.3) is 0 Å². The summed E-state index contributed by atoms with van der Waals surface area (Å²) in [6.45, 7) is -1.17. The van der Waals surface area contributed by atoms with E-state index in [1.165, 1.54) is 0 Å². The number of benzene rings is 1. The summed E-state index contributed by atoms with van der Waals surface area (Å²) in [5.74, 6) is -1.04. The molecule has 0 heterocycles. The molecule has 0 aliphatic rings. The zero-order valence-electron chi connectivity index (χ0n) is 9.15. The Hall–Kier alpha value is -1.51. The molecular formula is C10H8F7NO. The third-order valence-corrected chi connectivity index (χ3v) is 2.08. The summed E-state index contributed by atoms with van der Waals surface area (Å²) >= 11 is 0. The molecule has 9 heteroatoms. The van der Waals surface area contributed by atoms with Crippen LogP contribution in [0.15, 0.2) is 18.2 Å². The van der Waals surface area contributed by atoms with E-state index in [4.69, 9.17) is 5.73 Å². The van der Waals surface area contributed by atoms with E-state index in [0.29, 0.717) is 0 Å². The zero-order chi connectivity index (χ0) is 14.8. The zero-order valence-corrected chi connectivity index (χ0v) is 9.15. The number of hydrogen-bond acceptors (Lipinski definition) is 2. The fraction of sp³-hybridized carbons (Fsp3) is 0.400. The van der Waals surface area contributed by atoms with Gasteiger partial charge in [-0.2, -0.15) is 26.3 Å². The van der Waals surface area contributed by atoms with E-state index in [1.54, 1.807) is 0 Å². The van der Waals surface area contributed by atoms with Crippen LogP contribution in [0.4, 0.5) is 36.4 Å². The van der Waals surface area contributed by atoms with Crippen molar-refractivity contribution in [2.24, 2.45) is 0 Å². The van der Waals surface area contributed by atoms with Crippen molar-refractivity contribution in [3.8, 4) is 0 Å². The summed E-state index contributed by atoms with van der Waals surface area (Å²) in [6, 6.07) is 2.86. The molecule has 0 saturated carbocycles. The van der Waals surface area contributed by atoms with Crippen LogP contribution in [0.1, 0.15) is 5.56 Å². The van der Waals surface area contributed by atoms with Gasteiger partial charge in [0.05, 0.1) is 6.61 Å². The fourth-order valence-corrected chi connectivity index (χ4v) is 1.23. The number of anilines is 1. The van der Waals surface area contributed by atoms with Crippen molar-refractivity contribution in [1.29, 1.82) is 0 Å². The minimum atomic E-state index is -5.62. The molecule has 19 heavy (non-hydrogen) atoms. The first-order valence-electron chi connectivity index (χ1n) is 4.80. The Labute approximate surface area is 103 Å². The number of ether oxygens (including phenoxy) is 1. The highest BCUT2D eigenvalue weighted by Crippen LogP contribution is 2.36. The monoisotopic (exact) mass is 291 g/mol. The largest absolute Gasteiger partial charge is 0.423 e. The lowest BCUT2D eigenvalue weighted by atomic mass is 10.2. The molecule has 2 N–H and O–H groups in total. The summed E-state index contributed by atoms with van der Waals surface area (Å²) in [7, 11) is 0. The van der Waals surface area contributed by atoms with Crippen LogP contribution in [-0.2, 0) is 11.3 Å². The van der Waals surface area contributed by atoms with Crippen LogP contribution < -0.4 is 5.73 Å². The minimum Gasteiger partial charge on any atom is -0.399 e. The predicted octanol–water partition coefficient (Wildman–Crippen LogP) is 3.42. The van der Waals surface area contributed by atoms with E-state index in [-0.39, 0.29) is 5.69 Å². The number of nitrogen functional groups attached to an aromatic ring is 1. The maximum Gasteiger partial charge on any atom is 0.423 e. The Kier molecular flexibility index (Phi) is 4.28. The molecule has 0 aliphatic carbocycles. The Balaban J connectivity index is 2.83. The van der Waals surface area contributed by atoms with Gasteiger partial charge in [0.25, 0.3) is 0 Å². The standard InChI is InChI=1S/C10H8F7NO/c11-7-3-6(18)2-1-5(7)4-19-8(9(12,13)14)10(15,16)17/h1-3,8H,4,18H2. The summed E-state index contributed by atoms with van der Waals surface area (Å²) in [5, 5.41) is 0. The van der Waals surface area contributed by atoms with E-state index in [2.05, 4.69) is 4.74 Å². The first kappa shape index (κ1) is 15.5. The second kappa shape index (κ2) is 5.24. The summed E-state index contributed by atoms with van der Waals surface area (Å²) < 4.78 is 89.7. The van der Waals surface area contributed by atoms with Gasteiger partial charge in [-0.25, -0.2) is 4.39 Å². The average molecular weight is 291 g/mol. The molecular weight excluding hydrogens is 283 g/mol. The number of hydrogen-bond donors (Lipinski definition) is 1. The summed E-state index contributed by atoms with van der Waals surface area (Å²) in [5.41, 5.74) is 4.72. The van der Waals surface area contributed by atoms with Crippen LogP contribution in [0.3, 0.4) is 0 Å².